The van der Waals surface area contributed by atoms with Gasteiger partial charge in [0.1, 0.15) is 5.54 Å². The van der Waals surface area contributed by atoms with Gasteiger partial charge in [-0.15, -0.1) is 0 Å². The summed E-state index contributed by atoms with van der Waals surface area (Å²) in [7, 11) is 0. The van der Waals surface area contributed by atoms with Crippen LogP contribution in [0, 0.1) is 0 Å². The number of hydrogen-bond acceptors (Lipinski definition) is 2. The molecule has 1 saturated carbocycles. The second kappa shape index (κ2) is 4.16. The molecule has 18 heavy (non-hydrogen) atoms. The van der Waals surface area contributed by atoms with Crippen molar-refractivity contribution in [3.8, 4) is 0 Å². The number of rotatable bonds is 1. The third kappa shape index (κ3) is 1.53. The summed E-state index contributed by atoms with van der Waals surface area (Å²) >= 11 is 6.09. The molecule has 0 bridgehead atoms. The van der Waals surface area contributed by atoms with E-state index in [0.29, 0.717) is 0 Å². The van der Waals surface area contributed by atoms with Crippen LogP contribution in [0.4, 0.5) is 11.4 Å². The monoisotopic (exact) mass is 264 g/mol. The lowest BCUT2D eigenvalue weighted by molar-refractivity contribution is -0.121. The van der Waals surface area contributed by atoms with Crippen LogP contribution < -0.4 is 10.2 Å². The van der Waals surface area contributed by atoms with Crippen molar-refractivity contribution in [2.45, 2.75) is 38.1 Å². The van der Waals surface area contributed by atoms with E-state index in [2.05, 4.69) is 17.1 Å². The Hall–Kier alpha value is -1.22. The quantitative estimate of drug-likeness (QED) is 0.843. The minimum Gasteiger partial charge on any atom is -0.356 e. The Morgan fingerprint density at radius 3 is 2.78 bits per heavy atom. The average Bonchev–Trinajstić information content (AvgIpc) is 2.82. The first kappa shape index (κ1) is 11.8. The van der Waals surface area contributed by atoms with Gasteiger partial charge in [0.15, 0.2) is 0 Å². The van der Waals surface area contributed by atoms with Gasteiger partial charge in [-0.3, -0.25) is 4.79 Å². The van der Waals surface area contributed by atoms with Crippen molar-refractivity contribution in [1.29, 1.82) is 0 Å². The molecule has 96 valence electrons. The van der Waals surface area contributed by atoms with E-state index in [9.17, 15) is 4.79 Å². The highest BCUT2D eigenvalue weighted by atomic mass is 35.5. The number of nitrogens with zero attached hydrogens (tertiary/aromatic N) is 1. The molecule has 1 N–H and O–H groups in total. The summed E-state index contributed by atoms with van der Waals surface area (Å²) in [5.74, 6) is 0.150. The van der Waals surface area contributed by atoms with Crippen molar-refractivity contribution < 1.29 is 4.79 Å². The highest BCUT2D eigenvalue weighted by Gasteiger charge is 2.48. The molecule has 1 aliphatic heterocycles. The van der Waals surface area contributed by atoms with Crippen molar-refractivity contribution in [2.24, 2.45) is 0 Å². The Bertz CT molecular complexity index is 495. The van der Waals surface area contributed by atoms with Gasteiger partial charge in [-0.2, -0.15) is 0 Å². The lowest BCUT2D eigenvalue weighted by atomic mass is 9.90. The Labute approximate surface area is 112 Å². The van der Waals surface area contributed by atoms with Gasteiger partial charge in [0.05, 0.1) is 11.4 Å². The number of carbonyl (C=O) groups is 1. The molecular formula is C14H17ClN2O. The predicted molar refractivity (Wildman–Crippen MR) is 74.3 cm³/mol. The second-order valence-electron chi connectivity index (χ2n) is 5.10. The van der Waals surface area contributed by atoms with E-state index in [1.54, 1.807) is 0 Å². The van der Waals surface area contributed by atoms with Gasteiger partial charge in [0.2, 0.25) is 5.91 Å². The molecule has 2 aliphatic rings. The van der Waals surface area contributed by atoms with Gasteiger partial charge in [-0.25, -0.2) is 0 Å². The summed E-state index contributed by atoms with van der Waals surface area (Å²) in [5.41, 5.74) is 1.60. The van der Waals surface area contributed by atoms with Crippen LogP contribution in [-0.4, -0.2) is 18.0 Å². The largest absolute Gasteiger partial charge is 0.356 e. The number of halogens is 1. The van der Waals surface area contributed by atoms with Crippen molar-refractivity contribution in [2.75, 3.05) is 16.8 Å². The number of nitrogens with one attached hydrogen (secondary N) is 1. The van der Waals surface area contributed by atoms with Crippen molar-refractivity contribution >= 4 is 28.9 Å². The molecule has 4 heteroatoms. The molecule has 1 amide bonds. The minimum absolute atomic E-state index is 0.150. The molecule has 0 aromatic heterocycles. The molecule has 0 radical (unpaired) electrons. The average molecular weight is 265 g/mol. The van der Waals surface area contributed by atoms with Crippen LogP contribution in [0.2, 0.25) is 5.02 Å². The SMILES string of the molecule is CCN1c2cc(Cl)ccc2NC(=O)C12CCCC2. The van der Waals surface area contributed by atoms with Crippen LogP contribution in [0.1, 0.15) is 32.6 Å². The van der Waals surface area contributed by atoms with E-state index in [1.807, 2.05) is 18.2 Å². The summed E-state index contributed by atoms with van der Waals surface area (Å²) in [6, 6.07) is 5.67. The van der Waals surface area contributed by atoms with Crippen molar-refractivity contribution in [1.82, 2.24) is 0 Å². The third-order valence-electron chi connectivity index (χ3n) is 4.19. The van der Waals surface area contributed by atoms with Crippen molar-refractivity contribution in [3.05, 3.63) is 23.2 Å². The first-order valence-corrected chi connectivity index (χ1v) is 6.94. The lowest BCUT2D eigenvalue weighted by Crippen LogP contribution is -2.58. The Kier molecular flexibility index (Phi) is 2.74. The number of hydrogen-bond donors (Lipinski definition) is 1. The maximum Gasteiger partial charge on any atom is 0.250 e. The number of amides is 1. The summed E-state index contributed by atoms with van der Waals surface area (Å²) in [6.45, 7) is 2.93. The molecule has 1 aliphatic carbocycles. The Balaban J connectivity index is 2.13. The smallest absolute Gasteiger partial charge is 0.250 e. The fourth-order valence-electron chi connectivity index (χ4n) is 3.36. The topological polar surface area (TPSA) is 32.3 Å². The molecule has 1 spiro atoms. The Morgan fingerprint density at radius 2 is 2.11 bits per heavy atom. The van der Waals surface area contributed by atoms with Crippen LogP contribution in [0.5, 0.6) is 0 Å². The van der Waals surface area contributed by atoms with Gasteiger partial charge in [-0.05, 0) is 38.0 Å². The highest BCUT2D eigenvalue weighted by Crippen LogP contribution is 2.45. The zero-order valence-corrected chi connectivity index (χ0v) is 11.3. The van der Waals surface area contributed by atoms with Crippen LogP contribution in [0.15, 0.2) is 18.2 Å². The molecule has 1 heterocycles. The highest BCUT2D eigenvalue weighted by molar-refractivity contribution is 6.31. The number of anilines is 2. The molecule has 0 unspecified atom stereocenters. The van der Waals surface area contributed by atoms with E-state index >= 15 is 0 Å². The molecule has 3 nitrogen and oxygen atoms in total. The van der Waals surface area contributed by atoms with Gasteiger partial charge in [0.25, 0.3) is 0 Å². The number of benzene rings is 1. The fraction of sp³-hybridized carbons (Fsp3) is 0.500. The molecule has 3 rings (SSSR count). The standard InChI is InChI=1S/C14H17ClN2O/c1-2-17-12-9-10(15)5-6-11(12)16-13(18)14(17)7-3-4-8-14/h5-6,9H,2-4,7-8H2,1H3,(H,16,18). The lowest BCUT2D eigenvalue weighted by Gasteiger charge is -2.45. The summed E-state index contributed by atoms with van der Waals surface area (Å²) in [5, 5.41) is 3.76. The maximum absolute atomic E-state index is 12.4. The van der Waals surface area contributed by atoms with Crippen LogP contribution >= 0.6 is 11.6 Å². The first-order chi connectivity index (χ1) is 8.67. The third-order valence-corrected chi connectivity index (χ3v) is 4.42. The minimum atomic E-state index is -0.341. The molecule has 0 atom stereocenters. The first-order valence-electron chi connectivity index (χ1n) is 6.56. The van der Waals surface area contributed by atoms with E-state index in [1.165, 1.54) is 0 Å². The van der Waals surface area contributed by atoms with E-state index in [-0.39, 0.29) is 11.4 Å². The second-order valence-corrected chi connectivity index (χ2v) is 5.53. The molecule has 1 aromatic carbocycles. The van der Waals surface area contributed by atoms with Crippen LogP contribution in [0.25, 0.3) is 0 Å². The zero-order valence-electron chi connectivity index (χ0n) is 10.5. The summed E-state index contributed by atoms with van der Waals surface area (Å²) < 4.78 is 0. The molecular weight excluding hydrogens is 248 g/mol. The molecule has 1 aromatic rings. The van der Waals surface area contributed by atoms with Gasteiger partial charge in [0, 0.05) is 11.6 Å². The maximum atomic E-state index is 12.4. The van der Waals surface area contributed by atoms with E-state index in [0.717, 1.165) is 48.6 Å². The molecule has 0 saturated heterocycles. The number of likely N-dealkylation sites (N-methyl/N-ethyl adjacent to an activating group) is 1. The number of carbonyl (C=O) groups excluding carboxylic acids is 1. The van der Waals surface area contributed by atoms with Crippen LogP contribution in [0.3, 0.4) is 0 Å². The number of fused-ring (bicyclic) bond motifs is 1. The molecule has 1 fully saturated rings. The van der Waals surface area contributed by atoms with Gasteiger partial charge >= 0.3 is 0 Å². The van der Waals surface area contributed by atoms with Gasteiger partial charge < -0.3 is 10.2 Å². The fourth-order valence-corrected chi connectivity index (χ4v) is 3.52. The van der Waals surface area contributed by atoms with E-state index < -0.39 is 0 Å². The van der Waals surface area contributed by atoms with Gasteiger partial charge in [-0.1, -0.05) is 24.4 Å². The zero-order chi connectivity index (χ0) is 12.8. The van der Waals surface area contributed by atoms with Crippen molar-refractivity contribution in [3.63, 3.8) is 0 Å². The Morgan fingerprint density at radius 1 is 1.39 bits per heavy atom. The normalized spacial score (nSPS) is 21.0. The predicted octanol–water partition coefficient (Wildman–Crippen LogP) is 3.43. The summed E-state index contributed by atoms with van der Waals surface area (Å²) in [6.07, 6.45) is 4.14. The summed E-state index contributed by atoms with van der Waals surface area (Å²) in [4.78, 5) is 14.7. The van der Waals surface area contributed by atoms with E-state index in [4.69, 9.17) is 11.6 Å². The van der Waals surface area contributed by atoms with Crippen LogP contribution in [-0.2, 0) is 4.79 Å².